The normalized spacial score (nSPS) is 25.2. The summed E-state index contributed by atoms with van der Waals surface area (Å²) in [4.78, 5) is 24.4. The van der Waals surface area contributed by atoms with Crippen LogP contribution in [0.3, 0.4) is 0 Å². The Hall–Kier alpha value is -1.92. The summed E-state index contributed by atoms with van der Waals surface area (Å²) in [5, 5.41) is 5.86. The lowest BCUT2D eigenvalue weighted by molar-refractivity contribution is -0.122. The number of carbonyl (C=O) groups excluding carboxylic acids is 2. The van der Waals surface area contributed by atoms with Crippen molar-refractivity contribution in [1.29, 1.82) is 0 Å². The van der Waals surface area contributed by atoms with Gasteiger partial charge in [0.15, 0.2) is 0 Å². The molecular weight excluding hydrogens is 330 g/mol. The molecule has 26 heavy (non-hydrogen) atoms. The number of hydrogen-bond acceptors (Lipinski definition) is 4. The van der Waals surface area contributed by atoms with Gasteiger partial charge in [0.2, 0.25) is 5.91 Å². The lowest BCUT2D eigenvalue weighted by Crippen LogP contribution is -2.32. The summed E-state index contributed by atoms with van der Waals surface area (Å²) in [5.74, 6) is 0.219. The molecule has 1 saturated carbocycles. The molecule has 0 spiro atoms. The lowest BCUT2D eigenvalue weighted by Gasteiger charge is -2.15. The maximum atomic E-state index is 12.3. The summed E-state index contributed by atoms with van der Waals surface area (Å²) in [7, 11) is 0. The van der Waals surface area contributed by atoms with E-state index in [0.717, 1.165) is 44.3 Å². The van der Waals surface area contributed by atoms with Crippen LogP contribution >= 0.6 is 0 Å². The van der Waals surface area contributed by atoms with Crippen LogP contribution in [0, 0.1) is 5.92 Å². The van der Waals surface area contributed by atoms with Crippen molar-refractivity contribution in [3.63, 3.8) is 0 Å². The molecule has 2 fully saturated rings. The molecule has 1 aliphatic heterocycles. The van der Waals surface area contributed by atoms with Gasteiger partial charge in [0.05, 0.1) is 6.10 Å². The SMILES string of the molecule is N[C@@H]1CCC[C@H]1CC(=O)NCc1cccc(C(=O)NCC2CCCO2)c1. The second-order valence-corrected chi connectivity index (χ2v) is 7.38. The summed E-state index contributed by atoms with van der Waals surface area (Å²) in [6.45, 7) is 1.75. The first-order valence-corrected chi connectivity index (χ1v) is 9.63. The summed E-state index contributed by atoms with van der Waals surface area (Å²) in [6.07, 6.45) is 5.84. The minimum absolute atomic E-state index is 0.0283. The van der Waals surface area contributed by atoms with Crippen molar-refractivity contribution in [3.8, 4) is 0 Å². The first-order valence-electron chi connectivity index (χ1n) is 9.63. The van der Waals surface area contributed by atoms with Crippen LogP contribution in [0.2, 0.25) is 0 Å². The van der Waals surface area contributed by atoms with Gasteiger partial charge in [0.25, 0.3) is 5.91 Å². The molecule has 1 saturated heterocycles. The van der Waals surface area contributed by atoms with E-state index in [-0.39, 0.29) is 24.0 Å². The standard InChI is InChI=1S/C20H29N3O3/c21-18-8-2-5-15(18)11-19(24)22-12-14-4-1-6-16(10-14)20(25)23-13-17-7-3-9-26-17/h1,4,6,10,15,17-18H,2-3,5,7-9,11-13,21H2,(H,22,24)(H,23,25)/t15-,17?,18+/m0/s1. The van der Waals surface area contributed by atoms with Gasteiger partial charge < -0.3 is 21.1 Å². The van der Waals surface area contributed by atoms with Crippen LogP contribution in [0.25, 0.3) is 0 Å². The molecule has 0 bridgehead atoms. The topological polar surface area (TPSA) is 93.5 Å². The van der Waals surface area contributed by atoms with Gasteiger partial charge in [-0.05, 0) is 49.3 Å². The van der Waals surface area contributed by atoms with Gasteiger partial charge in [-0.15, -0.1) is 0 Å². The van der Waals surface area contributed by atoms with Crippen molar-refractivity contribution >= 4 is 11.8 Å². The fourth-order valence-corrected chi connectivity index (χ4v) is 3.77. The first kappa shape index (κ1) is 18.9. The fraction of sp³-hybridized carbons (Fsp3) is 0.600. The van der Waals surface area contributed by atoms with Gasteiger partial charge in [0, 0.05) is 37.7 Å². The molecule has 4 N–H and O–H groups in total. The van der Waals surface area contributed by atoms with E-state index in [1.54, 1.807) is 6.07 Å². The Morgan fingerprint density at radius 3 is 2.77 bits per heavy atom. The molecule has 1 aromatic carbocycles. The third kappa shape index (κ3) is 5.29. The van der Waals surface area contributed by atoms with E-state index in [4.69, 9.17) is 10.5 Å². The molecule has 142 valence electrons. The highest BCUT2D eigenvalue weighted by Gasteiger charge is 2.25. The van der Waals surface area contributed by atoms with Crippen LogP contribution in [0.1, 0.15) is 54.4 Å². The van der Waals surface area contributed by atoms with E-state index in [1.807, 2.05) is 18.2 Å². The minimum Gasteiger partial charge on any atom is -0.376 e. The second kappa shape index (κ2) is 9.14. The second-order valence-electron chi connectivity index (χ2n) is 7.38. The zero-order chi connectivity index (χ0) is 18.4. The highest BCUT2D eigenvalue weighted by Crippen LogP contribution is 2.26. The molecule has 0 aromatic heterocycles. The summed E-state index contributed by atoms with van der Waals surface area (Å²) < 4.78 is 5.52. The molecule has 1 aromatic rings. The molecule has 1 aliphatic carbocycles. The fourth-order valence-electron chi connectivity index (χ4n) is 3.77. The summed E-state index contributed by atoms with van der Waals surface area (Å²) in [5.41, 5.74) is 7.55. The van der Waals surface area contributed by atoms with E-state index in [1.165, 1.54) is 0 Å². The Kier molecular flexibility index (Phi) is 6.63. The van der Waals surface area contributed by atoms with Crippen LogP contribution in [-0.2, 0) is 16.1 Å². The van der Waals surface area contributed by atoms with E-state index < -0.39 is 0 Å². The van der Waals surface area contributed by atoms with Crippen LogP contribution in [0.15, 0.2) is 24.3 Å². The van der Waals surface area contributed by atoms with Crippen LogP contribution in [-0.4, -0.2) is 37.1 Å². The van der Waals surface area contributed by atoms with E-state index in [0.29, 0.717) is 31.0 Å². The third-order valence-electron chi connectivity index (χ3n) is 5.36. The monoisotopic (exact) mass is 359 g/mol. The number of hydrogen-bond donors (Lipinski definition) is 3. The van der Waals surface area contributed by atoms with Crippen molar-refractivity contribution in [2.75, 3.05) is 13.2 Å². The van der Waals surface area contributed by atoms with Gasteiger partial charge in [-0.2, -0.15) is 0 Å². The van der Waals surface area contributed by atoms with E-state index >= 15 is 0 Å². The largest absolute Gasteiger partial charge is 0.376 e. The van der Waals surface area contributed by atoms with E-state index in [2.05, 4.69) is 10.6 Å². The number of amides is 2. The molecule has 3 rings (SSSR count). The first-order chi connectivity index (χ1) is 12.6. The zero-order valence-electron chi connectivity index (χ0n) is 15.2. The molecule has 1 unspecified atom stereocenters. The maximum Gasteiger partial charge on any atom is 0.251 e. The number of nitrogens with one attached hydrogen (secondary N) is 2. The summed E-state index contributed by atoms with van der Waals surface area (Å²) in [6, 6.07) is 7.52. The molecule has 2 amide bonds. The smallest absolute Gasteiger partial charge is 0.251 e. The number of nitrogens with two attached hydrogens (primary N) is 1. The van der Waals surface area contributed by atoms with Crippen molar-refractivity contribution in [2.24, 2.45) is 11.7 Å². The number of rotatable bonds is 7. The number of carbonyl (C=O) groups is 2. The number of benzene rings is 1. The molecule has 2 aliphatic rings. The third-order valence-corrected chi connectivity index (χ3v) is 5.36. The maximum absolute atomic E-state index is 12.3. The minimum atomic E-state index is -0.106. The predicted octanol–water partition coefficient (Wildman–Crippen LogP) is 1.73. The van der Waals surface area contributed by atoms with E-state index in [9.17, 15) is 9.59 Å². The van der Waals surface area contributed by atoms with Gasteiger partial charge >= 0.3 is 0 Å². The Balaban J connectivity index is 1.45. The summed E-state index contributed by atoms with van der Waals surface area (Å²) >= 11 is 0. The average Bonchev–Trinajstić information content (AvgIpc) is 3.30. The van der Waals surface area contributed by atoms with Crippen LogP contribution < -0.4 is 16.4 Å². The van der Waals surface area contributed by atoms with Crippen molar-refractivity contribution < 1.29 is 14.3 Å². The zero-order valence-corrected chi connectivity index (χ0v) is 15.2. The Morgan fingerprint density at radius 2 is 2.04 bits per heavy atom. The molecule has 0 radical (unpaired) electrons. The average molecular weight is 359 g/mol. The Labute approximate surface area is 154 Å². The highest BCUT2D eigenvalue weighted by atomic mass is 16.5. The lowest BCUT2D eigenvalue weighted by atomic mass is 10.00. The van der Waals surface area contributed by atoms with Crippen LogP contribution in [0.5, 0.6) is 0 Å². The highest BCUT2D eigenvalue weighted by molar-refractivity contribution is 5.94. The van der Waals surface area contributed by atoms with Crippen molar-refractivity contribution in [3.05, 3.63) is 35.4 Å². The molecule has 6 heteroatoms. The van der Waals surface area contributed by atoms with Gasteiger partial charge in [-0.3, -0.25) is 9.59 Å². The Morgan fingerprint density at radius 1 is 1.15 bits per heavy atom. The van der Waals surface area contributed by atoms with Gasteiger partial charge in [0.1, 0.15) is 0 Å². The van der Waals surface area contributed by atoms with Crippen LogP contribution in [0.4, 0.5) is 0 Å². The number of ether oxygens (including phenoxy) is 1. The predicted molar refractivity (Wildman–Crippen MR) is 99.5 cm³/mol. The molecule has 1 heterocycles. The molecule has 3 atom stereocenters. The Bertz CT molecular complexity index is 628. The van der Waals surface area contributed by atoms with Gasteiger partial charge in [-0.1, -0.05) is 18.6 Å². The van der Waals surface area contributed by atoms with Crippen molar-refractivity contribution in [2.45, 2.75) is 57.2 Å². The molecule has 6 nitrogen and oxygen atoms in total. The quantitative estimate of drug-likeness (QED) is 0.691. The molecular formula is C20H29N3O3. The van der Waals surface area contributed by atoms with Crippen molar-refractivity contribution in [1.82, 2.24) is 10.6 Å². The van der Waals surface area contributed by atoms with Gasteiger partial charge in [-0.25, -0.2) is 0 Å².